The summed E-state index contributed by atoms with van der Waals surface area (Å²) in [5.74, 6) is 0.349. The summed E-state index contributed by atoms with van der Waals surface area (Å²) in [6, 6.07) is 0.273. The lowest BCUT2D eigenvalue weighted by molar-refractivity contribution is -0.129. The number of likely N-dealkylation sites (tertiary alicyclic amines) is 1. The van der Waals surface area contributed by atoms with Crippen LogP contribution in [0.25, 0.3) is 11.2 Å². The number of carbonyl (C=O) groups is 2. The molecule has 26 heavy (non-hydrogen) atoms. The van der Waals surface area contributed by atoms with E-state index in [-0.39, 0.29) is 23.9 Å². The summed E-state index contributed by atoms with van der Waals surface area (Å²) in [4.78, 5) is 37.8. The van der Waals surface area contributed by atoms with Crippen molar-refractivity contribution < 1.29 is 9.59 Å². The minimum absolute atomic E-state index is 0.0605. The molecule has 2 aromatic heterocycles. The van der Waals surface area contributed by atoms with Crippen molar-refractivity contribution in [1.29, 1.82) is 0 Å². The predicted molar refractivity (Wildman–Crippen MR) is 99.9 cm³/mol. The molecule has 3 N–H and O–H groups in total. The van der Waals surface area contributed by atoms with Crippen LogP contribution in [0.2, 0.25) is 0 Å². The molecular formula is C18H24N6O2. The summed E-state index contributed by atoms with van der Waals surface area (Å²) >= 11 is 0. The van der Waals surface area contributed by atoms with Crippen molar-refractivity contribution in [2.75, 3.05) is 18.4 Å². The van der Waals surface area contributed by atoms with Crippen LogP contribution in [-0.2, 0) is 4.79 Å². The van der Waals surface area contributed by atoms with Gasteiger partial charge in [-0.2, -0.15) is 0 Å². The third kappa shape index (κ3) is 3.54. The predicted octanol–water partition coefficient (Wildman–Crippen LogP) is 1.68. The first kappa shape index (κ1) is 17.9. The molecule has 0 saturated carbocycles. The molecule has 3 rings (SSSR count). The normalized spacial score (nSPS) is 20.0. The Kier molecular flexibility index (Phi) is 5.20. The van der Waals surface area contributed by atoms with Crippen molar-refractivity contribution in [1.82, 2.24) is 25.2 Å². The molecule has 2 aromatic rings. The first-order valence-corrected chi connectivity index (χ1v) is 8.85. The van der Waals surface area contributed by atoms with Crippen LogP contribution in [0.3, 0.4) is 0 Å². The van der Waals surface area contributed by atoms with Crippen LogP contribution >= 0.6 is 0 Å². The first-order chi connectivity index (χ1) is 12.5. The van der Waals surface area contributed by atoms with E-state index in [0.717, 1.165) is 12.8 Å². The number of nitrogens with one attached hydrogen (secondary N) is 3. The number of aromatic amines is 1. The van der Waals surface area contributed by atoms with Crippen molar-refractivity contribution in [2.24, 2.45) is 0 Å². The lowest BCUT2D eigenvalue weighted by atomic mass is 9.99. The quantitative estimate of drug-likeness (QED) is 0.708. The topological polar surface area (TPSA) is 103 Å². The SMILES string of the molecule is C=CC(=O)N1C[C@@H](Nc2cnc3[nH]cc(C(=O)NCC)c3n2)CC[C@H]1C. The van der Waals surface area contributed by atoms with E-state index in [4.69, 9.17) is 0 Å². The van der Waals surface area contributed by atoms with Gasteiger partial charge >= 0.3 is 0 Å². The van der Waals surface area contributed by atoms with Crippen LogP contribution in [0, 0.1) is 0 Å². The zero-order chi connectivity index (χ0) is 18.7. The van der Waals surface area contributed by atoms with E-state index >= 15 is 0 Å². The zero-order valence-electron chi connectivity index (χ0n) is 15.1. The van der Waals surface area contributed by atoms with Gasteiger partial charge in [0.1, 0.15) is 11.3 Å². The first-order valence-electron chi connectivity index (χ1n) is 8.85. The molecule has 8 heteroatoms. The van der Waals surface area contributed by atoms with Gasteiger partial charge in [-0.1, -0.05) is 6.58 Å². The van der Waals surface area contributed by atoms with Crippen LogP contribution in [0.1, 0.15) is 37.0 Å². The fourth-order valence-electron chi connectivity index (χ4n) is 3.25. The van der Waals surface area contributed by atoms with E-state index in [9.17, 15) is 9.59 Å². The van der Waals surface area contributed by atoms with Gasteiger partial charge in [-0.3, -0.25) is 9.59 Å². The molecule has 0 aliphatic carbocycles. The van der Waals surface area contributed by atoms with Gasteiger partial charge in [0.05, 0.1) is 11.8 Å². The molecule has 3 heterocycles. The number of aromatic nitrogens is 3. The number of hydrogen-bond acceptors (Lipinski definition) is 5. The summed E-state index contributed by atoms with van der Waals surface area (Å²) in [5, 5.41) is 6.11. The lowest BCUT2D eigenvalue weighted by Crippen LogP contribution is -2.49. The number of H-pyrrole nitrogens is 1. The molecule has 1 aliphatic rings. The van der Waals surface area contributed by atoms with Crippen LogP contribution in [-0.4, -0.2) is 56.8 Å². The number of rotatable bonds is 5. The molecule has 2 atom stereocenters. The van der Waals surface area contributed by atoms with E-state index in [0.29, 0.717) is 35.6 Å². The minimum Gasteiger partial charge on any atom is -0.364 e. The monoisotopic (exact) mass is 356 g/mol. The van der Waals surface area contributed by atoms with E-state index < -0.39 is 0 Å². The van der Waals surface area contributed by atoms with Gasteiger partial charge in [0.2, 0.25) is 5.91 Å². The second-order valence-electron chi connectivity index (χ2n) is 6.48. The highest BCUT2D eigenvalue weighted by Crippen LogP contribution is 2.22. The van der Waals surface area contributed by atoms with E-state index in [1.807, 2.05) is 18.7 Å². The molecule has 0 aromatic carbocycles. The maximum atomic E-state index is 12.1. The van der Waals surface area contributed by atoms with Gasteiger partial charge in [0.25, 0.3) is 5.91 Å². The Morgan fingerprint density at radius 1 is 1.46 bits per heavy atom. The van der Waals surface area contributed by atoms with Crippen LogP contribution in [0.5, 0.6) is 0 Å². The molecule has 0 bridgehead atoms. The molecule has 1 fully saturated rings. The summed E-state index contributed by atoms with van der Waals surface area (Å²) in [6.07, 6.45) is 6.44. The summed E-state index contributed by atoms with van der Waals surface area (Å²) in [7, 11) is 0. The largest absolute Gasteiger partial charge is 0.364 e. The number of fused-ring (bicyclic) bond motifs is 1. The fraction of sp³-hybridized carbons (Fsp3) is 0.444. The van der Waals surface area contributed by atoms with Crippen molar-refractivity contribution in [3.8, 4) is 0 Å². The van der Waals surface area contributed by atoms with Crippen LogP contribution in [0.4, 0.5) is 5.82 Å². The Balaban J connectivity index is 1.78. The highest BCUT2D eigenvalue weighted by molar-refractivity contribution is 6.04. The molecule has 8 nitrogen and oxygen atoms in total. The molecular weight excluding hydrogens is 332 g/mol. The van der Waals surface area contributed by atoms with Crippen molar-refractivity contribution in [2.45, 2.75) is 38.8 Å². The summed E-state index contributed by atoms with van der Waals surface area (Å²) in [6.45, 7) is 8.62. The van der Waals surface area contributed by atoms with Gasteiger partial charge in [0, 0.05) is 31.4 Å². The Labute approximate surface area is 152 Å². The standard InChI is InChI=1S/C18H24N6O2/c1-4-15(25)24-10-12(7-6-11(24)3)22-14-9-21-17-16(23-14)13(8-20-17)18(26)19-5-2/h4,8-9,11-12H,1,5-7,10H2,2-3H3,(H,19,26)(H,20,21)(H,22,23)/t11-,12+/m1/s1. The number of nitrogens with zero attached hydrogens (tertiary/aromatic N) is 3. The average molecular weight is 356 g/mol. The maximum Gasteiger partial charge on any atom is 0.255 e. The molecule has 0 unspecified atom stereocenters. The number of piperidine rings is 1. The minimum atomic E-state index is -0.181. The molecule has 138 valence electrons. The smallest absolute Gasteiger partial charge is 0.255 e. The van der Waals surface area contributed by atoms with Gasteiger partial charge in [-0.25, -0.2) is 9.97 Å². The Bertz CT molecular complexity index is 830. The van der Waals surface area contributed by atoms with Crippen LogP contribution < -0.4 is 10.6 Å². The molecule has 1 aliphatic heterocycles. The van der Waals surface area contributed by atoms with E-state index in [1.165, 1.54) is 6.08 Å². The second kappa shape index (κ2) is 7.55. The van der Waals surface area contributed by atoms with E-state index in [1.54, 1.807) is 12.4 Å². The van der Waals surface area contributed by atoms with Crippen molar-refractivity contribution >= 4 is 28.8 Å². The second-order valence-corrected chi connectivity index (χ2v) is 6.48. The Morgan fingerprint density at radius 2 is 2.27 bits per heavy atom. The molecule has 1 saturated heterocycles. The zero-order valence-corrected chi connectivity index (χ0v) is 15.1. The van der Waals surface area contributed by atoms with Gasteiger partial charge in [-0.15, -0.1) is 0 Å². The van der Waals surface area contributed by atoms with Crippen molar-refractivity contribution in [3.63, 3.8) is 0 Å². The Morgan fingerprint density at radius 3 is 3.00 bits per heavy atom. The van der Waals surface area contributed by atoms with Crippen LogP contribution in [0.15, 0.2) is 25.0 Å². The molecule has 0 radical (unpaired) electrons. The molecule has 2 amide bonds. The average Bonchev–Trinajstić information content (AvgIpc) is 3.06. The highest BCUT2D eigenvalue weighted by atomic mass is 16.2. The van der Waals surface area contributed by atoms with E-state index in [2.05, 4.69) is 32.2 Å². The van der Waals surface area contributed by atoms with Gasteiger partial charge in [-0.05, 0) is 32.8 Å². The van der Waals surface area contributed by atoms with Crippen molar-refractivity contribution in [3.05, 3.63) is 30.6 Å². The lowest BCUT2D eigenvalue weighted by Gasteiger charge is -2.37. The third-order valence-electron chi connectivity index (χ3n) is 4.65. The number of carbonyl (C=O) groups excluding carboxylic acids is 2. The number of anilines is 1. The maximum absolute atomic E-state index is 12.1. The summed E-state index contributed by atoms with van der Waals surface area (Å²) in [5.41, 5.74) is 1.57. The third-order valence-corrected chi connectivity index (χ3v) is 4.65. The van der Waals surface area contributed by atoms with Gasteiger partial charge in [0.15, 0.2) is 5.65 Å². The fourth-order valence-corrected chi connectivity index (χ4v) is 3.25. The number of hydrogen-bond donors (Lipinski definition) is 3. The Hall–Kier alpha value is -2.90. The van der Waals surface area contributed by atoms with Gasteiger partial charge < -0.3 is 20.5 Å². The molecule has 0 spiro atoms. The highest BCUT2D eigenvalue weighted by Gasteiger charge is 2.28. The summed E-state index contributed by atoms with van der Waals surface area (Å²) < 4.78 is 0. The number of amides is 2.